The summed E-state index contributed by atoms with van der Waals surface area (Å²) in [6.45, 7) is 5.25. The monoisotopic (exact) mass is 246 g/mol. The summed E-state index contributed by atoms with van der Waals surface area (Å²) in [6, 6.07) is 0.837. The van der Waals surface area contributed by atoms with Crippen LogP contribution in [0.5, 0.6) is 0 Å². The summed E-state index contributed by atoms with van der Waals surface area (Å²) < 4.78 is 23.3. The van der Waals surface area contributed by atoms with Crippen LogP contribution < -0.4 is 5.32 Å². The van der Waals surface area contributed by atoms with Crippen LogP contribution in [-0.4, -0.2) is 56.5 Å². The van der Waals surface area contributed by atoms with Gasteiger partial charge in [-0.1, -0.05) is 6.92 Å². The standard InChI is InChI=1S/C11H22N2O2S/c1-2-5-13(11-7-12-8-11)10-4-3-6-16(14,15)9-10/h10-12H,2-9H2,1H3. The predicted octanol–water partition coefficient (Wildman–Crippen LogP) is 0.247. The van der Waals surface area contributed by atoms with Gasteiger partial charge in [-0.15, -0.1) is 0 Å². The third-order valence-electron chi connectivity index (χ3n) is 3.62. The molecule has 0 aromatic heterocycles. The highest BCUT2D eigenvalue weighted by Crippen LogP contribution is 2.21. The van der Waals surface area contributed by atoms with Crippen molar-refractivity contribution in [3.05, 3.63) is 0 Å². The minimum Gasteiger partial charge on any atom is -0.314 e. The van der Waals surface area contributed by atoms with Gasteiger partial charge in [0.05, 0.1) is 11.5 Å². The molecule has 1 unspecified atom stereocenters. The SMILES string of the molecule is CCCN(C1CNC1)C1CCCS(=O)(=O)C1. The molecule has 2 fully saturated rings. The Balaban J connectivity index is 2.01. The Morgan fingerprint density at radius 2 is 2.06 bits per heavy atom. The minimum absolute atomic E-state index is 0.269. The molecule has 0 aromatic carbocycles. The van der Waals surface area contributed by atoms with Crippen molar-refractivity contribution < 1.29 is 8.42 Å². The van der Waals surface area contributed by atoms with Crippen molar-refractivity contribution in [2.45, 2.75) is 38.3 Å². The second-order valence-corrected chi connectivity index (χ2v) is 7.19. The van der Waals surface area contributed by atoms with E-state index >= 15 is 0 Å². The first-order chi connectivity index (χ1) is 7.62. The zero-order chi connectivity index (χ0) is 11.6. The van der Waals surface area contributed by atoms with Gasteiger partial charge in [0.25, 0.3) is 0 Å². The van der Waals surface area contributed by atoms with Crippen molar-refractivity contribution in [3.63, 3.8) is 0 Å². The van der Waals surface area contributed by atoms with E-state index < -0.39 is 9.84 Å². The van der Waals surface area contributed by atoms with Crippen LogP contribution in [0, 0.1) is 0 Å². The molecule has 0 aromatic rings. The maximum Gasteiger partial charge on any atom is 0.151 e. The molecule has 94 valence electrons. The highest BCUT2D eigenvalue weighted by molar-refractivity contribution is 7.91. The lowest BCUT2D eigenvalue weighted by Gasteiger charge is -2.44. The molecule has 0 amide bonds. The average Bonchev–Trinajstić information content (AvgIpc) is 2.12. The van der Waals surface area contributed by atoms with E-state index in [1.54, 1.807) is 0 Å². The first-order valence-corrected chi connectivity index (χ1v) is 8.11. The molecule has 2 aliphatic rings. The van der Waals surface area contributed by atoms with Crippen molar-refractivity contribution in [1.29, 1.82) is 0 Å². The van der Waals surface area contributed by atoms with Gasteiger partial charge >= 0.3 is 0 Å². The molecule has 1 N–H and O–H groups in total. The molecule has 0 aliphatic carbocycles. The number of sulfone groups is 1. The third-order valence-corrected chi connectivity index (χ3v) is 5.42. The highest BCUT2D eigenvalue weighted by Gasteiger charge is 2.34. The zero-order valence-corrected chi connectivity index (χ0v) is 10.8. The first kappa shape index (κ1) is 12.3. The van der Waals surface area contributed by atoms with Gasteiger partial charge in [0.2, 0.25) is 0 Å². The van der Waals surface area contributed by atoms with Crippen molar-refractivity contribution in [3.8, 4) is 0 Å². The van der Waals surface area contributed by atoms with Crippen molar-refractivity contribution in [2.24, 2.45) is 0 Å². The van der Waals surface area contributed by atoms with Crippen LogP contribution in [0.3, 0.4) is 0 Å². The normalized spacial score (nSPS) is 30.2. The molecular weight excluding hydrogens is 224 g/mol. The average molecular weight is 246 g/mol. The molecule has 1 atom stereocenters. The fourth-order valence-corrected chi connectivity index (χ4v) is 4.41. The lowest BCUT2D eigenvalue weighted by molar-refractivity contribution is 0.0973. The maximum absolute atomic E-state index is 11.7. The molecule has 5 heteroatoms. The van der Waals surface area contributed by atoms with Crippen LogP contribution in [0.2, 0.25) is 0 Å². The Kier molecular flexibility index (Phi) is 3.87. The summed E-state index contributed by atoms with van der Waals surface area (Å²) in [5.74, 6) is 0.774. The lowest BCUT2D eigenvalue weighted by Crippen LogP contribution is -2.61. The van der Waals surface area contributed by atoms with Gasteiger partial charge in [-0.05, 0) is 25.8 Å². The Labute approximate surface area is 98.3 Å². The van der Waals surface area contributed by atoms with Gasteiger partial charge in [-0.3, -0.25) is 4.90 Å². The fourth-order valence-electron chi connectivity index (χ4n) is 2.69. The van der Waals surface area contributed by atoms with E-state index in [0.29, 0.717) is 17.5 Å². The molecule has 2 saturated heterocycles. The Hall–Kier alpha value is -0.130. The Bertz CT molecular complexity index is 325. The van der Waals surface area contributed by atoms with Gasteiger partial charge in [0.15, 0.2) is 9.84 Å². The van der Waals surface area contributed by atoms with E-state index in [-0.39, 0.29) is 6.04 Å². The van der Waals surface area contributed by atoms with Crippen molar-refractivity contribution >= 4 is 9.84 Å². The molecule has 4 nitrogen and oxygen atoms in total. The smallest absolute Gasteiger partial charge is 0.151 e. The van der Waals surface area contributed by atoms with E-state index in [9.17, 15) is 8.42 Å². The van der Waals surface area contributed by atoms with Crippen LogP contribution in [0.25, 0.3) is 0 Å². The second-order valence-electron chi connectivity index (χ2n) is 4.96. The summed E-state index contributed by atoms with van der Waals surface area (Å²) >= 11 is 0. The van der Waals surface area contributed by atoms with E-state index in [4.69, 9.17) is 0 Å². The Morgan fingerprint density at radius 1 is 1.31 bits per heavy atom. The van der Waals surface area contributed by atoms with Crippen molar-refractivity contribution in [2.75, 3.05) is 31.1 Å². The first-order valence-electron chi connectivity index (χ1n) is 6.29. The van der Waals surface area contributed by atoms with E-state index in [2.05, 4.69) is 17.1 Å². The molecule has 2 rings (SSSR count). The number of rotatable bonds is 4. The van der Waals surface area contributed by atoms with Gasteiger partial charge in [0.1, 0.15) is 0 Å². The number of nitrogens with zero attached hydrogens (tertiary/aromatic N) is 1. The molecule has 0 saturated carbocycles. The minimum atomic E-state index is -2.77. The molecule has 0 radical (unpaired) electrons. The molecule has 2 heterocycles. The topological polar surface area (TPSA) is 49.4 Å². The molecule has 0 bridgehead atoms. The molecule has 16 heavy (non-hydrogen) atoms. The third kappa shape index (κ3) is 2.76. The van der Waals surface area contributed by atoms with Crippen molar-refractivity contribution in [1.82, 2.24) is 10.2 Å². The van der Waals surface area contributed by atoms with Gasteiger partial charge in [0, 0.05) is 25.2 Å². The fraction of sp³-hybridized carbons (Fsp3) is 1.00. The molecule has 2 aliphatic heterocycles. The second kappa shape index (κ2) is 5.02. The van der Waals surface area contributed by atoms with E-state index in [1.807, 2.05) is 0 Å². The van der Waals surface area contributed by atoms with E-state index in [1.165, 1.54) is 0 Å². The Morgan fingerprint density at radius 3 is 2.56 bits per heavy atom. The van der Waals surface area contributed by atoms with Crippen LogP contribution in [0.1, 0.15) is 26.2 Å². The van der Waals surface area contributed by atoms with Crippen LogP contribution in [0.15, 0.2) is 0 Å². The van der Waals surface area contributed by atoms with Gasteiger partial charge in [-0.2, -0.15) is 0 Å². The highest BCUT2D eigenvalue weighted by atomic mass is 32.2. The lowest BCUT2D eigenvalue weighted by atomic mass is 10.0. The summed E-state index contributed by atoms with van der Waals surface area (Å²) in [7, 11) is -2.77. The summed E-state index contributed by atoms with van der Waals surface area (Å²) in [6.07, 6.45) is 3.00. The van der Waals surface area contributed by atoms with Crippen LogP contribution in [0.4, 0.5) is 0 Å². The largest absolute Gasteiger partial charge is 0.314 e. The predicted molar refractivity (Wildman–Crippen MR) is 65.3 cm³/mol. The number of hydrogen-bond donors (Lipinski definition) is 1. The van der Waals surface area contributed by atoms with Crippen LogP contribution >= 0.6 is 0 Å². The maximum atomic E-state index is 11.7. The molecule has 0 spiro atoms. The number of nitrogens with one attached hydrogen (secondary N) is 1. The summed E-state index contributed by atoms with van der Waals surface area (Å²) in [5, 5.41) is 3.27. The summed E-state index contributed by atoms with van der Waals surface area (Å²) in [5.41, 5.74) is 0. The van der Waals surface area contributed by atoms with Gasteiger partial charge in [-0.25, -0.2) is 8.42 Å². The summed E-state index contributed by atoms with van der Waals surface area (Å²) in [4.78, 5) is 2.42. The number of hydrogen-bond acceptors (Lipinski definition) is 4. The van der Waals surface area contributed by atoms with Gasteiger partial charge < -0.3 is 5.32 Å². The van der Waals surface area contributed by atoms with Crippen LogP contribution in [-0.2, 0) is 9.84 Å². The quantitative estimate of drug-likeness (QED) is 0.772. The molecular formula is C11H22N2O2S. The zero-order valence-electron chi connectivity index (χ0n) is 9.98. The van der Waals surface area contributed by atoms with E-state index in [0.717, 1.165) is 38.9 Å².